The van der Waals surface area contributed by atoms with Gasteiger partial charge < -0.3 is 5.32 Å². The van der Waals surface area contributed by atoms with Gasteiger partial charge in [0.25, 0.3) is 0 Å². The van der Waals surface area contributed by atoms with E-state index in [1.165, 1.54) is 19.3 Å². The lowest BCUT2D eigenvalue weighted by Gasteiger charge is -2.12. The van der Waals surface area contributed by atoms with Gasteiger partial charge >= 0.3 is 0 Å². The Morgan fingerprint density at radius 3 is 3.00 bits per heavy atom. The predicted octanol–water partition coefficient (Wildman–Crippen LogP) is 2.06. The van der Waals surface area contributed by atoms with E-state index < -0.39 is 0 Å². The molecule has 15 heavy (non-hydrogen) atoms. The molecule has 1 atom stereocenters. The van der Waals surface area contributed by atoms with Gasteiger partial charge in [0.15, 0.2) is 0 Å². The normalized spacial score (nSPS) is 17.7. The third kappa shape index (κ3) is 3.59. The number of nitrogens with zero attached hydrogens (tertiary/aromatic N) is 2. The number of aromatic nitrogens is 2. The maximum absolute atomic E-state index is 4.37. The lowest BCUT2D eigenvalue weighted by Crippen LogP contribution is -2.26. The van der Waals surface area contributed by atoms with Crippen LogP contribution in [0.5, 0.6) is 0 Å². The van der Waals surface area contributed by atoms with Gasteiger partial charge in [-0.25, -0.2) is 9.97 Å². The summed E-state index contributed by atoms with van der Waals surface area (Å²) in [5.74, 6) is 1.84. The average Bonchev–Trinajstić information content (AvgIpc) is 2.99. The van der Waals surface area contributed by atoms with Crippen LogP contribution in [0.15, 0.2) is 12.3 Å². The van der Waals surface area contributed by atoms with Crippen LogP contribution in [0.3, 0.4) is 0 Å². The van der Waals surface area contributed by atoms with Crippen LogP contribution in [-0.4, -0.2) is 16.0 Å². The van der Waals surface area contributed by atoms with Crippen LogP contribution in [0.2, 0.25) is 0 Å². The van der Waals surface area contributed by atoms with Crippen molar-refractivity contribution in [3.8, 4) is 0 Å². The molecule has 0 bridgehead atoms. The molecule has 3 nitrogen and oxygen atoms in total. The predicted molar refractivity (Wildman–Crippen MR) is 60.4 cm³/mol. The van der Waals surface area contributed by atoms with Crippen LogP contribution in [0.1, 0.15) is 37.7 Å². The Bertz CT molecular complexity index is 320. The largest absolute Gasteiger partial charge is 0.309 e. The van der Waals surface area contributed by atoms with Crippen LogP contribution in [0, 0.1) is 12.8 Å². The van der Waals surface area contributed by atoms with Crippen LogP contribution >= 0.6 is 0 Å². The van der Waals surface area contributed by atoms with Gasteiger partial charge in [-0.15, -0.1) is 0 Å². The van der Waals surface area contributed by atoms with Crippen molar-refractivity contribution in [1.82, 2.24) is 15.3 Å². The minimum Gasteiger partial charge on any atom is -0.309 e. The lowest BCUT2D eigenvalue weighted by molar-refractivity contribution is 0.483. The molecule has 0 saturated heterocycles. The van der Waals surface area contributed by atoms with E-state index in [-0.39, 0.29) is 0 Å². The van der Waals surface area contributed by atoms with Gasteiger partial charge in [-0.1, -0.05) is 12.8 Å². The van der Waals surface area contributed by atoms with Crippen molar-refractivity contribution in [2.24, 2.45) is 5.92 Å². The first-order valence-corrected chi connectivity index (χ1v) is 5.76. The van der Waals surface area contributed by atoms with Crippen molar-refractivity contribution in [1.29, 1.82) is 0 Å². The molecule has 2 rings (SSSR count). The molecule has 0 aliphatic heterocycles. The third-order valence-electron chi connectivity index (χ3n) is 2.85. The average molecular weight is 205 g/mol. The number of hydrogen-bond acceptors (Lipinski definition) is 3. The molecule has 1 fully saturated rings. The minimum absolute atomic E-state index is 0.604. The first kappa shape index (κ1) is 10.6. The Kier molecular flexibility index (Phi) is 3.31. The molecular weight excluding hydrogens is 186 g/mol. The number of hydrogen-bond donors (Lipinski definition) is 1. The summed E-state index contributed by atoms with van der Waals surface area (Å²) in [6.07, 6.45) is 5.99. The van der Waals surface area contributed by atoms with Crippen LogP contribution in [0.4, 0.5) is 0 Å². The number of aryl methyl sites for hydroxylation is 1. The van der Waals surface area contributed by atoms with Gasteiger partial charge in [-0.3, -0.25) is 0 Å². The molecule has 1 unspecified atom stereocenters. The molecule has 1 heterocycles. The quantitative estimate of drug-likeness (QED) is 0.799. The summed E-state index contributed by atoms with van der Waals surface area (Å²) in [5, 5.41) is 3.51. The van der Waals surface area contributed by atoms with Crippen LogP contribution < -0.4 is 5.32 Å². The van der Waals surface area contributed by atoms with Crippen molar-refractivity contribution in [2.75, 3.05) is 0 Å². The minimum atomic E-state index is 0.604. The zero-order valence-electron chi connectivity index (χ0n) is 9.53. The number of rotatable bonds is 5. The molecule has 1 N–H and O–H groups in total. The first-order chi connectivity index (χ1) is 7.24. The summed E-state index contributed by atoms with van der Waals surface area (Å²) < 4.78 is 0. The second-order valence-electron chi connectivity index (χ2n) is 4.56. The highest BCUT2D eigenvalue weighted by Gasteiger charge is 2.23. The van der Waals surface area contributed by atoms with Crippen molar-refractivity contribution in [3.05, 3.63) is 23.8 Å². The Morgan fingerprint density at radius 2 is 2.33 bits per heavy atom. The van der Waals surface area contributed by atoms with Gasteiger partial charge in [0, 0.05) is 18.8 Å². The fourth-order valence-electron chi connectivity index (χ4n) is 1.82. The van der Waals surface area contributed by atoms with E-state index in [9.17, 15) is 0 Å². The Balaban J connectivity index is 1.76. The van der Waals surface area contributed by atoms with E-state index in [4.69, 9.17) is 0 Å². The molecule has 1 aromatic rings. The number of nitrogens with one attached hydrogen (secondary N) is 1. The lowest BCUT2D eigenvalue weighted by atomic mass is 10.1. The maximum Gasteiger partial charge on any atom is 0.125 e. The van der Waals surface area contributed by atoms with E-state index in [1.807, 2.05) is 19.2 Å². The van der Waals surface area contributed by atoms with Gasteiger partial charge in [0.2, 0.25) is 0 Å². The van der Waals surface area contributed by atoms with E-state index in [2.05, 4.69) is 22.2 Å². The van der Waals surface area contributed by atoms with E-state index >= 15 is 0 Å². The zero-order chi connectivity index (χ0) is 10.7. The Morgan fingerprint density at radius 1 is 1.53 bits per heavy atom. The van der Waals surface area contributed by atoms with E-state index in [1.54, 1.807) is 0 Å². The monoisotopic (exact) mass is 205 g/mol. The molecule has 1 saturated carbocycles. The molecule has 0 amide bonds. The summed E-state index contributed by atoms with van der Waals surface area (Å²) in [6.45, 7) is 5.04. The van der Waals surface area contributed by atoms with E-state index in [0.717, 1.165) is 24.0 Å². The molecule has 0 spiro atoms. The molecule has 1 aliphatic rings. The van der Waals surface area contributed by atoms with Gasteiger partial charge in [0.05, 0.1) is 5.69 Å². The SMILES string of the molecule is Cc1nccc(CNC(C)CC2CC2)n1. The summed E-state index contributed by atoms with van der Waals surface area (Å²) in [7, 11) is 0. The topological polar surface area (TPSA) is 37.8 Å². The van der Waals surface area contributed by atoms with Crippen molar-refractivity contribution < 1.29 is 0 Å². The fraction of sp³-hybridized carbons (Fsp3) is 0.667. The van der Waals surface area contributed by atoms with Crippen molar-refractivity contribution in [3.63, 3.8) is 0 Å². The summed E-state index contributed by atoms with van der Waals surface area (Å²) in [4.78, 5) is 8.45. The van der Waals surface area contributed by atoms with Gasteiger partial charge in [0.1, 0.15) is 5.82 Å². The zero-order valence-corrected chi connectivity index (χ0v) is 9.53. The van der Waals surface area contributed by atoms with Crippen molar-refractivity contribution >= 4 is 0 Å². The van der Waals surface area contributed by atoms with Gasteiger partial charge in [-0.05, 0) is 32.3 Å². The Labute approximate surface area is 91.3 Å². The fourth-order valence-corrected chi connectivity index (χ4v) is 1.82. The maximum atomic E-state index is 4.37. The van der Waals surface area contributed by atoms with Crippen LogP contribution in [0.25, 0.3) is 0 Å². The molecular formula is C12H19N3. The molecule has 0 aromatic carbocycles. The highest BCUT2D eigenvalue weighted by Crippen LogP contribution is 2.33. The summed E-state index contributed by atoms with van der Waals surface area (Å²) in [5.41, 5.74) is 1.09. The molecule has 3 heteroatoms. The van der Waals surface area contributed by atoms with Crippen LogP contribution in [-0.2, 0) is 6.54 Å². The van der Waals surface area contributed by atoms with E-state index in [0.29, 0.717) is 6.04 Å². The molecule has 1 aromatic heterocycles. The first-order valence-electron chi connectivity index (χ1n) is 5.76. The summed E-state index contributed by atoms with van der Waals surface area (Å²) in [6, 6.07) is 2.58. The molecule has 82 valence electrons. The molecule has 0 radical (unpaired) electrons. The second kappa shape index (κ2) is 4.71. The molecule has 1 aliphatic carbocycles. The Hall–Kier alpha value is -0.960. The van der Waals surface area contributed by atoms with Crippen molar-refractivity contribution in [2.45, 2.75) is 45.7 Å². The second-order valence-corrected chi connectivity index (χ2v) is 4.56. The standard InChI is InChI=1S/C12H19N3/c1-9(7-11-3-4-11)14-8-12-5-6-13-10(2)15-12/h5-6,9,11,14H,3-4,7-8H2,1-2H3. The smallest absolute Gasteiger partial charge is 0.125 e. The van der Waals surface area contributed by atoms with Gasteiger partial charge in [-0.2, -0.15) is 0 Å². The highest BCUT2D eigenvalue weighted by molar-refractivity contribution is 5.01. The third-order valence-corrected chi connectivity index (χ3v) is 2.85. The highest BCUT2D eigenvalue weighted by atomic mass is 14.9. The summed E-state index contributed by atoms with van der Waals surface area (Å²) >= 11 is 0.